The number of rotatable bonds is 3. The Balaban J connectivity index is 2.97. The highest BCUT2D eigenvalue weighted by Gasteiger charge is 2.32. The van der Waals surface area contributed by atoms with Crippen molar-refractivity contribution in [3.8, 4) is 0 Å². The van der Waals surface area contributed by atoms with Crippen molar-refractivity contribution in [1.82, 2.24) is 4.90 Å². The summed E-state index contributed by atoms with van der Waals surface area (Å²) in [7, 11) is 0. The van der Waals surface area contributed by atoms with Crippen molar-refractivity contribution in [2.75, 3.05) is 13.1 Å². The van der Waals surface area contributed by atoms with Gasteiger partial charge in [-0.05, 0) is 25.6 Å². The number of carbonyl (C=O) groups is 2. The average Bonchev–Trinajstić information content (AvgIpc) is 2.43. The van der Waals surface area contributed by atoms with Crippen LogP contribution in [0.15, 0.2) is 16.0 Å². The third-order valence-electron chi connectivity index (χ3n) is 1.75. The molecule has 0 atom stereocenters. The fourth-order valence-electron chi connectivity index (χ4n) is 1.15. The summed E-state index contributed by atoms with van der Waals surface area (Å²) in [4.78, 5) is 27.9. The quantitative estimate of drug-likeness (QED) is 0.729. The lowest BCUT2D eigenvalue weighted by Crippen LogP contribution is -2.28. The Morgan fingerprint density at radius 1 is 1.60 bits per heavy atom. The molecule has 1 heterocycles. The number of carbonyl (C=O) groups excluding carboxylic acids is 1. The van der Waals surface area contributed by atoms with Crippen LogP contribution in [0.4, 0.5) is 0 Å². The van der Waals surface area contributed by atoms with Gasteiger partial charge in [0.25, 0.3) is 5.91 Å². The second-order valence-corrected chi connectivity index (χ2v) is 3.76. The van der Waals surface area contributed by atoms with E-state index < -0.39 is 5.97 Å². The molecule has 0 spiro atoms. The zero-order chi connectivity index (χ0) is 11.4. The molecule has 1 rings (SSSR count). The molecule has 1 aliphatic heterocycles. The van der Waals surface area contributed by atoms with Gasteiger partial charge in [0.05, 0.1) is 4.91 Å². The van der Waals surface area contributed by atoms with Gasteiger partial charge in [0, 0.05) is 19.2 Å². The number of amides is 1. The summed E-state index contributed by atoms with van der Waals surface area (Å²) in [6, 6.07) is 0. The summed E-state index contributed by atoms with van der Waals surface area (Å²) < 4.78 is 0. The predicted molar refractivity (Wildman–Crippen MR) is 58.7 cm³/mol. The van der Waals surface area contributed by atoms with Crippen molar-refractivity contribution in [2.24, 2.45) is 4.99 Å². The number of aliphatic imine (C=N–C) groups is 1. The standard InChI is InChI=1S/C9H12N2O3S/c1-3-10-9-11(4-2)8(14)6(15-9)5-7(12)13/h5H,3-4H2,1-2H3,(H,12,13)/b6-5-,10-9+. The minimum atomic E-state index is -1.11. The number of aliphatic carboxylic acids is 1. The fraction of sp³-hybridized carbons (Fsp3) is 0.444. The minimum absolute atomic E-state index is 0.219. The molecule has 0 aliphatic carbocycles. The van der Waals surface area contributed by atoms with Gasteiger partial charge >= 0.3 is 5.97 Å². The van der Waals surface area contributed by atoms with Gasteiger partial charge in [-0.2, -0.15) is 0 Å². The van der Waals surface area contributed by atoms with Crippen molar-refractivity contribution in [2.45, 2.75) is 13.8 Å². The summed E-state index contributed by atoms with van der Waals surface area (Å²) in [5.74, 6) is -1.39. The van der Waals surface area contributed by atoms with Crippen LogP contribution >= 0.6 is 11.8 Å². The third kappa shape index (κ3) is 2.59. The summed E-state index contributed by atoms with van der Waals surface area (Å²) in [6.07, 6.45) is 0.924. The molecule has 0 aromatic carbocycles. The van der Waals surface area contributed by atoms with Gasteiger partial charge in [0.1, 0.15) is 0 Å². The van der Waals surface area contributed by atoms with Gasteiger partial charge in [0.2, 0.25) is 0 Å². The van der Waals surface area contributed by atoms with E-state index in [0.29, 0.717) is 18.3 Å². The summed E-state index contributed by atoms with van der Waals surface area (Å²) in [5, 5.41) is 9.15. The average molecular weight is 228 g/mol. The maximum Gasteiger partial charge on any atom is 0.329 e. The molecule has 5 nitrogen and oxygen atoms in total. The topological polar surface area (TPSA) is 70.0 Å². The molecule has 0 bridgehead atoms. The van der Waals surface area contributed by atoms with Crippen molar-refractivity contribution < 1.29 is 14.7 Å². The molecule has 0 radical (unpaired) electrons. The third-order valence-corrected chi connectivity index (χ3v) is 2.80. The Hall–Kier alpha value is -1.30. The predicted octanol–water partition coefficient (Wildman–Crippen LogP) is 0.926. The lowest BCUT2D eigenvalue weighted by molar-refractivity contribution is -0.132. The van der Waals surface area contributed by atoms with Gasteiger partial charge < -0.3 is 5.11 Å². The maximum atomic E-state index is 11.6. The molecule has 0 saturated carbocycles. The highest BCUT2D eigenvalue weighted by molar-refractivity contribution is 8.18. The van der Waals surface area contributed by atoms with Crippen LogP contribution in [0.2, 0.25) is 0 Å². The SMILES string of the molecule is CC/N=C1/S/C(=C\C(=O)O)C(=O)N1CC. The first kappa shape index (κ1) is 11.8. The number of carboxylic acids is 1. The van der Waals surface area contributed by atoms with Crippen molar-refractivity contribution >= 4 is 28.8 Å². The number of hydrogen-bond acceptors (Lipinski definition) is 4. The van der Waals surface area contributed by atoms with Crippen LogP contribution in [-0.4, -0.2) is 40.1 Å². The second kappa shape index (κ2) is 4.97. The molecule has 15 heavy (non-hydrogen) atoms. The number of nitrogens with zero attached hydrogens (tertiary/aromatic N) is 2. The van der Waals surface area contributed by atoms with E-state index in [2.05, 4.69) is 4.99 Å². The van der Waals surface area contributed by atoms with Crippen LogP contribution in [0.5, 0.6) is 0 Å². The highest BCUT2D eigenvalue weighted by Crippen LogP contribution is 2.30. The van der Waals surface area contributed by atoms with Gasteiger partial charge in [0.15, 0.2) is 5.17 Å². The monoisotopic (exact) mass is 228 g/mol. The van der Waals surface area contributed by atoms with Gasteiger partial charge in [-0.1, -0.05) is 0 Å². The summed E-state index contributed by atoms with van der Waals surface area (Å²) in [5.41, 5.74) is 0. The Labute approximate surface area is 91.9 Å². The summed E-state index contributed by atoms with van der Waals surface area (Å²) in [6.45, 7) is 4.77. The zero-order valence-corrected chi connectivity index (χ0v) is 9.37. The lowest BCUT2D eigenvalue weighted by Gasteiger charge is -2.11. The van der Waals surface area contributed by atoms with Gasteiger partial charge in [-0.25, -0.2) is 4.79 Å². The molecule has 1 saturated heterocycles. The number of amidine groups is 1. The number of likely N-dealkylation sites (N-methyl/N-ethyl adjacent to an activating group) is 1. The Morgan fingerprint density at radius 3 is 2.73 bits per heavy atom. The molecule has 6 heteroatoms. The van der Waals surface area contributed by atoms with E-state index in [1.54, 1.807) is 0 Å². The van der Waals surface area contributed by atoms with E-state index in [1.807, 2.05) is 13.8 Å². The molecule has 1 aliphatic rings. The van der Waals surface area contributed by atoms with Crippen molar-refractivity contribution in [1.29, 1.82) is 0 Å². The largest absolute Gasteiger partial charge is 0.478 e. The first-order valence-electron chi connectivity index (χ1n) is 4.58. The fourth-order valence-corrected chi connectivity index (χ4v) is 2.22. The molecule has 82 valence electrons. The minimum Gasteiger partial charge on any atom is -0.478 e. The van der Waals surface area contributed by atoms with Crippen LogP contribution in [-0.2, 0) is 9.59 Å². The van der Waals surface area contributed by atoms with E-state index in [1.165, 1.54) is 4.90 Å². The molecule has 0 aromatic rings. The van der Waals surface area contributed by atoms with E-state index in [0.717, 1.165) is 17.8 Å². The normalized spacial score (nSPS) is 21.7. The van der Waals surface area contributed by atoms with Crippen molar-refractivity contribution in [3.05, 3.63) is 11.0 Å². The molecular weight excluding hydrogens is 216 g/mol. The first-order valence-corrected chi connectivity index (χ1v) is 5.40. The molecule has 1 amide bonds. The smallest absolute Gasteiger partial charge is 0.329 e. The molecule has 1 N–H and O–H groups in total. The summed E-state index contributed by atoms with van der Waals surface area (Å²) >= 11 is 1.11. The van der Waals surface area contributed by atoms with Crippen LogP contribution in [0.25, 0.3) is 0 Å². The van der Waals surface area contributed by atoms with Crippen LogP contribution in [0.1, 0.15) is 13.8 Å². The molecular formula is C9H12N2O3S. The van der Waals surface area contributed by atoms with E-state index in [9.17, 15) is 9.59 Å². The molecule has 1 fully saturated rings. The second-order valence-electron chi connectivity index (χ2n) is 2.76. The number of thioether (sulfide) groups is 1. The van der Waals surface area contributed by atoms with Crippen LogP contribution in [0.3, 0.4) is 0 Å². The number of carboxylic acid groups (broad SMARTS) is 1. The Kier molecular flexibility index (Phi) is 3.90. The van der Waals surface area contributed by atoms with E-state index in [4.69, 9.17) is 5.11 Å². The van der Waals surface area contributed by atoms with Crippen LogP contribution < -0.4 is 0 Å². The Bertz CT molecular complexity index is 349. The Morgan fingerprint density at radius 2 is 2.27 bits per heavy atom. The maximum absolute atomic E-state index is 11.6. The van der Waals surface area contributed by atoms with Gasteiger partial charge in [-0.3, -0.25) is 14.7 Å². The van der Waals surface area contributed by atoms with Gasteiger partial charge in [-0.15, -0.1) is 0 Å². The van der Waals surface area contributed by atoms with E-state index >= 15 is 0 Å². The number of hydrogen-bond donors (Lipinski definition) is 1. The first-order chi connectivity index (χ1) is 7.10. The highest BCUT2D eigenvalue weighted by atomic mass is 32.2. The zero-order valence-electron chi connectivity index (χ0n) is 8.56. The molecule has 0 aromatic heterocycles. The van der Waals surface area contributed by atoms with Crippen molar-refractivity contribution in [3.63, 3.8) is 0 Å². The van der Waals surface area contributed by atoms with Crippen LogP contribution in [0, 0.1) is 0 Å². The lowest BCUT2D eigenvalue weighted by atomic mass is 10.4. The van der Waals surface area contributed by atoms with E-state index in [-0.39, 0.29) is 10.8 Å². The molecule has 0 unspecified atom stereocenters.